The van der Waals surface area contributed by atoms with Gasteiger partial charge in [0.25, 0.3) is 5.56 Å². The number of carbonyl (C=O) groups excluding carboxylic acids is 1. The van der Waals surface area contributed by atoms with Crippen LogP contribution in [0.1, 0.15) is 32.6 Å². The van der Waals surface area contributed by atoms with E-state index in [0.29, 0.717) is 28.1 Å². The Hall–Kier alpha value is -2.35. The van der Waals surface area contributed by atoms with Gasteiger partial charge in [-0.1, -0.05) is 30.8 Å². The van der Waals surface area contributed by atoms with Crippen molar-refractivity contribution < 1.29 is 4.79 Å². The van der Waals surface area contributed by atoms with Crippen LogP contribution < -0.4 is 5.56 Å². The van der Waals surface area contributed by atoms with Crippen LogP contribution in [0.15, 0.2) is 34.2 Å². The Morgan fingerprint density at radius 3 is 2.89 bits per heavy atom. The van der Waals surface area contributed by atoms with Crippen LogP contribution in [0.2, 0.25) is 0 Å². The second-order valence-electron chi connectivity index (χ2n) is 6.93. The number of rotatable bonds is 4. The zero-order valence-electron chi connectivity index (χ0n) is 15.6. The molecule has 0 saturated carbocycles. The Morgan fingerprint density at radius 1 is 1.26 bits per heavy atom. The van der Waals surface area contributed by atoms with E-state index in [2.05, 4.69) is 17.1 Å². The van der Waals surface area contributed by atoms with Crippen LogP contribution in [-0.2, 0) is 11.8 Å². The van der Waals surface area contributed by atoms with Gasteiger partial charge in [-0.2, -0.15) is 0 Å². The van der Waals surface area contributed by atoms with E-state index in [1.165, 1.54) is 22.7 Å². The molecule has 0 radical (unpaired) electrons. The molecule has 1 atom stereocenters. The van der Waals surface area contributed by atoms with E-state index in [1.807, 2.05) is 27.5 Å². The summed E-state index contributed by atoms with van der Waals surface area (Å²) in [5, 5.41) is 9.68. The number of nitrogens with zero attached hydrogens (tertiary/aromatic N) is 5. The van der Waals surface area contributed by atoms with Gasteiger partial charge in [0.15, 0.2) is 5.16 Å². The maximum absolute atomic E-state index is 12.8. The number of likely N-dealkylation sites (tertiary alicyclic amines) is 1. The molecular weight excluding hydrogens is 362 g/mol. The highest BCUT2D eigenvalue weighted by molar-refractivity contribution is 7.99. The minimum absolute atomic E-state index is 0.0998. The van der Waals surface area contributed by atoms with Gasteiger partial charge in [0, 0.05) is 19.6 Å². The highest BCUT2D eigenvalue weighted by atomic mass is 32.2. The number of benzene rings is 1. The molecule has 27 heavy (non-hydrogen) atoms. The molecule has 1 aliphatic heterocycles. The quantitative estimate of drug-likeness (QED) is 0.645. The number of hydrogen-bond acceptors (Lipinski definition) is 5. The standard InChI is InChI=1S/C19H23N5O2S/c1-3-13-8-6-7-11-23(13)16(25)12-27-19-21-20-18-22(2)17(26)14-9-4-5-10-15(14)24(18)19/h4-5,9-10,13H,3,6-8,11-12H2,1-2H3. The summed E-state index contributed by atoms with van der Waals surface area (Å²) in [5.74, 6) is 0.963. The lowest BCUT2D eigenvalue weighted by molar-refractivity contribution is -0.132. The zero-order chi connectivity index (χ0) is 19.0. The normalized spacial score (nSPS) is 17.7. The molecule has 3 aromatic rings. The van der Waals surface area contributed by atoms with Gasteiger partial charge < -0.3 is 4.90 Å². The summed E-state index contributed by atoms with van der Waals surface area (Å²) in [5.41, 5.74) is 0.664. The molecule has 1 amide bonds. The second kappa shape index (κ2) is 7.34. The Balaban J connectivity index is 1.65. The molecule has 1 aromatic carbocycles. The number of thioether (sulfide) groups is 1. The molecule has 7 nitrogen and oxygen atoms in total. The van der Waals surface area contributed by atoms with Crippen LogP contribution in [0, 0.1) is 0 Å². The van der Waals surface area contributed by atoms with Crippen molar-refractivity contribution in [2.24, 2.45) is 7.05 Å². The average molecular weight is 385 g/mol. The molecule has 8 heteroatoms. The molecular formula is C19H23N5O2S. The van der Waals surface area contributed by atoms with E-state index in [1.54, 1.807) is 13.1 Å². The van der Waals surface area contributed by atoms with Crippen molar-refractivity contribution in [1.82, 2.24) is 24.1 Å². The van der Waals surface area contributed by atoms with Crippen LogP contribution in [0.3, 0.4) is 0 Å². The van der Waals surface area contributed by atoms with Crippen LogP contribution in [0.4, 0.5) is 0 Å². The number of hydrogen-bond donors (Lipinski definition) is 0. The number of aromatic nitrogens is 4. The molecule has 0 spiro atoms. The smallest absolute Gasteiger partial charge is 0.262 e. The van der Waals surface area contributed by atoms with E-state index in [4.69, 9.17) is 0 Å². The third-order valence-corrected chi connectivity index (χ3v) is 6.25. The van der Waals surface area contributed by atoms with Crippen LogP contribution in [0.25, 0.3) is 16.7 Å². The van der Waals surface area contributed by atoms with Gasteiger partial charge in [0.05, 0.1) is 16.7 Å². The topological polar surface area (TPSA) is 72.5 Å². The minimum Gasteiger partial charge on any atom is -0.339 e. The largest absolute Gasteiger partial charge is 0.339 e. The first kappa shape index (κ1) is 18.0. The second-order valence-corrected chi connectivity index (χ2v) is 7.88. The molecule has 0 N–H and O–H groups in total. The molecule has 1 saturated heterocycles. The van der Waals surface area contributed by atoms with Crippen molar-refractivity contribution >= 4 is 34.3 Å². The summed E-state index contributed by atoms with van der Waals surface area (Å²) < 4.78 is 3.36. The molecule has 1 fully saturated rings. The fraction of sp³-hybridized carbons (Fsp3) is 0.474. The summed E-state index contributed by atoms with van der Waals surface area (Å²) in [6.07, 6.45) is 4.36. The molecule has 1 unspecified atom stereocenters. The predicted molar refractivity (Wildman–Crippen MR) is 106 cm³/mol. The highest BCUT2D eigenvalue weighted by Crippen LogP contribution is 2.24. The van der Waals surface area contributed by atoms with E-state index in [9.17, 15) is 9.59 Å². The third kappa shape index (κ3) is 3.12. The maximum atomic E-state index is 12.8. The summed E-state index contributed by atoms with van der Waals surface area (Å²) in [6.45, 7) is 2.98. The minimum atomic E-state index is -0.0998. The number of amides is 1. The molecule has 0 aliphatic carbocycles. The van der Waals surface area contributed by atoms with Gasteiger partial charge in [-0.05, 0) is 37.8 Å². The maximum Gasteiger partial charge on any atom is 0.262 e. The summed E-state index contributed by atoms with van der Waals surface area (Å²) in [4.78, 5) is 27.3. The third-order valence-electron chi connectivity index (χ3n) is 5.34. The lowest BCUT2D eigenvalue weighted by atomic mass is 10.0. The first-order valence-corrected chi connectivity index (χ1v) is 10.4. The van der Waals surface area contributed by atoms with Gasteiger partial charge in [-0.3, -0.25) is 18.6 Å². The SMILES string of the molecule is CCC1CCCCN1C(=O)CSc1nnc2n(C)c(=O)c3ccccc3n12. The van der Waals surface area contributed by atoms with Crippen LogP contribution >= 0.6 is 11.8 Å². The number of fused-ring (bicyclic) bond motifs is 3. The Kier molecular flexibility index (Phi) is 4.90. The number of para-hydroxylation sites is 1. The van der Waals surface area contributed by atoms with Gasteiger partial charge in [-0.25, -0.2) is 0 Å². The lowest BCUT2D eigenvalue weighted by Gasteiger charge is -2.35. The number of carbonyl (C=O) groups is 1. The molecule has 0 bridgehead atoms. The van der Waals surface area contributed by atoms with Crippen molar-refractivity contribution in [3.63, 3.8) is 0 Å². The van der Waals surface area contributed by atoms with Gasteiger partial charge in [0.2, 0.25) is 11.7 Å². The Bertz CT molecular complexity index is 1060. The molecule has 142 valence electrons. The first-order valence-electron chi connectivity index (χ1n) is 9.37. The van der Waals surface area contributed by atoms with E-state index in [0.717, 1.165) is 31.3 Å². The van der Waals surface area contributed by atoms with Gasteiger partial charge in [0.1, 0.15) is 0 Å². The van der Waals surface area contributed by atoms with Crippen LogP contribution in [0.5, 0.6) is 0 Å². The first-order chi connectivity index (χ1) is 13.1. The number of piperidine rings is 1. The number of aryl methyl sites for hydroxylation is 1. The van der Waals surface area contributed by atoms with Crippen molar-refractivity contribution in [3.05, 3.63) is 34.6 Å². The molecule has 1 aliphatic rings. The van der Waals surface area contributed by atoms with Crippen molar-refractivity contribution in [2.75, 3.05) is 12.3 Å². The van der Waals surface area contributed by atoms with E-state index in [-0.39, 0.29) is 11.5 Å². The van der Waals surface area contributed by atoms with E-state index >= 15 is 0 Å². The fourth-order valence-electron chi connectivity index (χ4n) is 3.87. The fourth-order valence-corrected chi connectivity index (χ4v) is 4.69. The highest BCUT2D eigenvalue weighted by Gasteiger charge is 2.25. The average Bonchev–Trinajstić information content (AvgIpc) is 3.14. The summed E-state index contributed by atoms with van der Waals surface area (Å²) in [6, 6.07) is 7.77. The zero-order valence-corrected chi connectivity index (χ0v) is 16.4. The molecule has 2 aromatic heterocycles. The summed E-state index contributed by atoms with van der Waals surface area (Å²) in [7, 11) is 1.69. The lowest BCUT2D eigenvalue weighted by Crippen LogP contribution is -2.44. The Morgan fingerprint density at radius 2 is 2.07 bits per heavy atom. The van der Waals surface area contributed by atoms with Gasteiger partial charge >= 0.3 is 0 Å². The van der Waals surface area contributed by atoms with Crippen molar-refractivity contribution in [2.45, 2.75) is 43.8 Å². The molecule has 4 rings (SSSR count). The predicted octanol–water partition coefficient (Wildman–Crippen LogP) is 2.46. The van der Waals surface area contributed by atoms with Crippen LogP contribution in [-0.4, -0.2) is 48.3 Å². The van der Waals surface area contributed by atoms with Gasteiger partial charge in [-0.15, -0.1) is 10.2 Å². The summed E-state index contributed by atoms with van der Waals surface area (Å²) >= 11 is 1.38. The monoisotopic (exact) mass is 385 g/mol. The molecule has 3 heterocycles. The van der Waals surface area contributed by atoms with Crippen molar-refractivity contribution in [1.29, 1.82) is 0 Å². The van der Waals surface area contributed by atoms with Crippen molar-refractivity contribution in [3.8, 4) is 0 Å². The van der Waals surface area contributed by atoms with E-state index < -0.39 is 0 Å². The Labute approximate surface area is 161 Å².